The minimum atomic E-state index is -0.535. The normalized spacial score (nSPS) is 10.2. The molecule has 0 aliphatic rings. The van der Waals surface area contributed by atoms with Crippen molar-refractivity contribution in [3.05, 3.63) is 30.3 Å². The molecule has 150 valence electrons. The highest BCUT2D eigenvalue weighted by molar-refractivity contribution is 5.88. The second-order valence-corrected chi connectivity index (χ2v) is 5.59. The fourth-order valence-corrected chi connectivity index (χ4v) is 2.37. The zero-order valence-corrected chi connectivity index (χ0v) is 16.0. The molecular weight excluding hydrogens is 368 g/mol. The highest BCUT2D eigenvalue weighted by Crippen LogP contribution is 2.34. The Morgan fingerprint density at radius 3 is 1.82 bits per heavy atom. The molecule has 0 N–H and O–H groups in total. The van der Waals surface area contributed by atoms with E-state index >= 15 is 0 Å². The van der Waals surface area contributed by atoms with Gasteiger partial charge in [0, 0.05) is 6.92 Å². The summed E-state index contributed by atoms with van der Waals surface area (Å²) >= 11 is 0. The molecule has 2 aromatic carbocycles. The maximum Gasteiger partial charge on any atom is 0.344 e. The second kappa shape index (κ2) is 10.1. The maximum atomic E-state index is 11.6. The van der Waals surface area contributed by atoms with E-state index in [0.29, 0.717) is 11.1 Å². The summed E-state index contributed by atoms with van der Waals surface area (Å²) in [4.78, 5) is 34.3. The predicted octanol–water partition coefficient (Wildman–Crippen LogP) is 2.65. The molecule has 0 spiro atoms. The first-order valence-electron chi connectivity index (χ1n) is 8.76. The summed E-state index contributed by atoms with van der Waals surface area (Å²) in [7, 11) is 0. The highest BCUT2D eigenvalue weighted by Gasteiger charge is 2.14. The lowest BCUT2D eigenvalue weighted by Crippen LogP contribution is -2.17. The largest absolute Gasteiger partial charge is 0.478 e. The first-order valence-corrected chi connectivity index (χ1v) is 8.76. The van der Waals surface area contributed by atoms with Crippen molar-refractivity contribution < 1.29 is 38.1 Å². The quantitative estimate of drug-likeness (QED) is 0.476. The van der Waals surface area contributed by atoms with Crippen molar-refractivity contribution in [2.45, 2.75) is 20.8 Å². The zero-order valence-electron chi connectivity index (χ0n) is 16.0. The van der Waals surface area contributed by atoms with Crippen LogP contribution < -0.4 is 14.2 Å². The monoisotopic (exact) mass is 390 g/mol. The Kier molecular flexibility index (Phi) is 7.62. The first-order chi connectivity index (χ1) is 13.4. The molecular formula is C20H22O8. The summed E-state index contributed by atoms with van der Waals surface area (Å²) in [5.74, 6) is -0.615. The van der Waals surface area contributed by atoms with Gasteiger partial charge in [-0.3, -0.25) is 4.79 Å². The second-order valence-electron chi connectivity index (χ2n) is 5.59. The fraction of sp³-hybridized carbons (Fsp3) is 0.350. The van der Waals surface area contributed by atoms with Gasteiger partial charge in [0.05, 0.1) is 13.2 Å². The molecule has 0 aliphatic carbocycles. The smallest absolute Gasteiger partial charge is 0.344 e. The molecule has 0 saturated heterocycles. The van der Waals surface area contributed by atoms with Crippen molar-refractivity contribution >= 4 is 28.7 Å². The third-order valence-corrected chi connectivity index (χ3v) is 3.44. The summed E-state index contributed by atoms with van der Waals surface area (Å²) in [5.41, 5.74) is 0. The van der Waals surface area contributed by atoms with Crippen molar-refractivity contribution in [2.24, 2.45) is 0 Å². The number of esters is 3. The van der Waals surface area contributed by atoms with Gasteiger partial charge in [-0.1, -0.05) is 6.07 Å². The summed E-state index contributed by atoms with van der Waals surface area (Å²) in [6.45, 7) is 4.55. The van der Waals surface area contributed by atoms with E-state index in [2.05, 4.69) is 0 Å². The molecule has 0 aliphatic heterocycles. The van der Waals surface area contributed by atoms with Gasteiger partial charge >= 0.3 is 17.9 Å². The van der Waals surface area contributed by atoms with Crippen molar-refractivity contribution in [1.29, 1.82) is 0 Å². The van der Waals surface area contributed by atoms with Crippen LogP contribution in [0.3, 0.4) is 0 Å². The van der Waals surface area contributed by atoms with Crippen LogP contribution in [-0.2, 0) is 23.9 Å². The lowest BCUT2D eigenvalue weighted by Gasteiger charge is -2.14. The molecule has 0 atom stereocenters. The van der Waals surface area contributed by atoms with Gasteiger partial charge < -0.3 is 23.7 Å². The van der Waals surface area contributed by atoms with Gasteiger partial charge in [0.15, 0.2) is 24.7 Å². The molecule has 28 heavy (non-hydrogen) atoms. The van der Waals surface area contributed by atoms with Crippen LogP contribution in [0.1, 0.15) is 20.8 Å². The summed E-state index contributed by atoms with van der Waals surface area (Å²) in [6.07, 6.45) is 0. The third kappa shape index (κ3) is 6.15. The number of ether oxygens (including phenoxy) is 5. The molecule has 0 radical (unpaired) electrons. The van der Waals surface area contributed by atoms with Crippen molar-refractivity contribution in [3.8, 4) is 17.2 Å². The molecule has 2 aromatic rings. The van der Waals surface area contributed by atoms with Gasteiger partial charge in [0.2, 0.25) is 0 Å². The van der Waals surface area contributed by atoms with Crippen LogP contribution in [0, 0.1) is 0 Å². The van der Waals surface area contributed by atoms with E-state index < -0.39 is 17.9 Å². The third-order valence-electron chi connectivity index (χ3n) is 3.44. The van der Waals surface area contributed by atoms with E-state index in [0.717, 1.165) is 5.39 Å². The summed E-state index contributed by atoms with van der Waals surface area (Å²) in [6, 6.07) is 8.32. The van der Waals surface area contributed by atoms with E-state index in [1.807, 2.05) is 0 Å². The van der Waals surface area contributed by atoms with Crippen molar-refractivity contribution in [1.82, 2.24) is 0 Å². The van der Waals surface area contributed by atoms with Crippen molar-refractivity contribution in [3.63, 3.8) is 0 Å². The van der Waals surface area contributed by atoms with E-state index in [4.69, 9.17) is 23.7 Å². The number of benzene rings is 2. The molecule has 8 nitrogen and oxygen atoms in total. The molecule has 0 fully saturated rings. The van der Waals surface area contributed by atoms with Crippen LogP contribution >= 0.6 is 0 Å². The number of carbonyl (C=O) groups excluding carboxylic acids is 3. The van der Waals surface area contributed by atoms with E-state index in [-0.39, 0.29) is 37.9 Å². The molecule has 0 unspecified atom stereocenters. The number of fused-ring (bicyclic) bond motifs is 1. The van der Waals surface area contributed by atoms with E-state index in [1.54, 1.807) is 44.2 Å². The Morgan fingerprint density at radius 1 is 0.786 bits per heavy atom. The molecule has 8 heteroatoms. The SMILES string of the molecule is CCOC(=O)COc1cc2ccc(OC(C)=O)cc2cc1OCC(=O)OCC. The Hall–Kier alpha value is -3.29. The number of rotatable bonds is 9. The van der Waals surface area contributed by atoms with Crippen LogP contribution in [0.5, 0.6) is 17.2 Å². The van der Waals surface area contributed by atoms with Crippen LogP contribution in [0.4, 0.5) is 0 Å². The zero-order chi connectivity index (χ0) is 20.5. The van der Waals surface area contributed by atoms with Gasteiger partial charge in [0.25, 0.3) is 0 Å². The topological polar surface area (TPSA) is 97.4 Å². The molecule has 2 rings (SSSR count). The van der Waals surface area contributed by atoms with Gasteiger partial charge in [-0.2, -0.15) is 0 Å². The highest BCUT2D eigenvalue weighted by atomic mass is 16.6. The van der Waals surface area contributed by atoms with Crippen LogP contribution in [0.15, 0.2) is 30.3 Å². The van der Waals surface area contributed by atoms with Gasteiger partial charge in [-0.25, -0.2) is 9.59 Å². The fourth-order valence-electron chi connectivity index (χ4n) is 2.37. The average molecular weight is 390 g/mol. The maximum absolute atomic E-state index is 11.6. The number of carbonyl (C=O) groups is 3. The minimum Gasteiger partial charge on any atom is -0.478 e. The Balaban J connectivity index is 2.30. The predicted molar refractivity (Wildman–Crippen MR) is 99.5 cm³/mol. The Bertz CT molecular complexity index is 859. The van der Waals surface area contributed by atoms with Gasteiger partial charge in [0.1, 0.15) is 5.75 Å². The molecule has 0 bridgehead atoms. The van der Waals surface area contributed by atoms with Crippen LogP contribution in [0.2, 0.25) is 0 Å². The summed E-state index contributed by atoms with van der Waals surface area (Å²) < 4.78 is 25.8. The van der Waals surface area contributed by atoms with Crippen LogP contribution in [0.25, 0.3) is 10.8 Å². The first kappa shape index (κ1) is 21.0. The standard InChI is InChI=1S/C20H22O8/c1-4-24-19(22)11-26-17-9-14-6-7-16(28-13(3)21)8-15(14)10-18(17)27-12-20(23)25-5-2/h6-10H,4-5,11-12H2,1-3H3. The van der Waals surface area contributed by atoms with E-state index in [9.17, 15) is 14.4 Å². The average Bonchev–Trinajstić information content (AvgIpc) is 2.64. The molecule has 0 heterocycles. The molecule has 0 amide bonds. The minimum absolute atomic E-state index is 0.234. The van der Waals surface area contributed by atoms with E-state index in [1.165, 1.54) is 6.92 Å². The Morgan fingerprint density at radius 2 is 1.32 bits per heavy atom. The lowest BCUT2D eigenvalue weighted by molar-refractivity contribution is -0.146. The van der Waals surface area contributed by atoms with Crippen LogP contribution in [-0.4, -0.2) is 44.3 Å². The van der Waals surface area contributed by atoms with Gasteiger partial charge in [-0.05, 0) is 48.9 Å². The number of hydrogen-bond donors (Lipinski definition) is 0. The molecule has 0 saturated carbocycles. The van der Waals surface area contributed by atoms with Crippen molar-refractivity contribution in [2.75, 3.05) is 26.4 Å². The lowest BCUT2D eigenvalue weighted by atomic mass is 10.1. The molecule has 0 aromatic heterocycles. The Labute approximate surface area is 162 Å². The van der Waals surface area contributed by atoms with Gasteiger partial charge in [-0.15, -0.1) is 0 Å². The summed E-state index contributed by atoms with van der Waals surface area (Å²) in [5, 5.41) is 1.46. The number of hydrogen-bond acceptors (Lipinski definition) is 8.